The summed E-state index contributed by atoms with van der Waals surface area (Å²) in [5.74, 6) is 0.843. The van der Waals surface area contributed by atoms with Gasteiger partial charge in [0.15, 0.2) is 0 Å². The molecule has 3 aromatic rings. The summed E-state index contributed by atoms with van der Waals surface area (Å²) in [5.41, 5.74) is 0.633. The van der Waals surface area contributed by atoms with E-state index in [1.54, 1.807) is 30.3 Å². The molecule has 0 unspecified atom stereocenters. The summed E-state index contributed by atoms with van der Waals surface area (Å²) < 4.78 is 44.3. The van der Waals surface area contributed by atoms with Gasteiger partial charge in [-0.2, -0.15) is 13.2 Å². The second-order valence-electron chi connectivity index (χ2n) is 9.28. The van der Waals surface area contributed by atoms with E-state index in [0.717, 1.165) is 54.5 Å². The Kier molecular flexibility index (Phi) is 7.26. The lowest BCUT2D eigenvalue weighted by molar-refractivity contribution is -0.137. The fourth-order valence-electron chi connectivity index (χ4n) is 4.46. The van der Waals surface area contributed by atoms with E-state index in [-0.39, 0.29) is 5.91 Å². The van der Waals surface area contributed by atoms with Crippen molar-refractivity contribution in [3.05, 3.63) is 71.8 Å². The van der Waals surface area contributed by atoms with Crippen LogP contribution in [0.2, 0.25) is 0 Å². The lowest BCUT2D eigenvalue weighted by Gasteiger charge is -2.34. The number of carbonyl (C=O) groups excluding carboxylic acids is 1. The minimum Gasteiger partial charge on any atom is -0.457 e. The van der Waals surface area contributed by atoms with Crippen LogP contribution in [0.25, 0.3) is 10.8 Å². The van der Waals surface area contributed by atoms with Crippen molar-refractivity contribution in [3.8, 4) is 11.5 Å². The molecule has 0 radical (unpaired) electrons. The van der Waals surface area contributed by atoms with E-state index in [9.17, 15) is 18.0 Å². The molecule has 0 saturated carbocycles. The molecule has 1 saturated heterocycles. The lowest BCUT2D eigenvalue weighted by Crippen LogP contribution is -2.40. The normalized spacial score (nSPS) is 16.1. The lowest BCUT2D eigenvalue weighted by atomic mass is 9.92. The summed E-state index contributed by atoms with van der Waals surface area (Å²) in [6, 6.07) is 15.8. The van der Waals surface area contributed by atoms with Gasteiger partial charge in [-0.25, -0.2) is 4.99 Å². The molecule has 1 amide bonds. The molecule has 1 aliphatic rings. The fraction of sp³-hybridized carbons (Fsp3) is 0.357. The molecule has 35 heavy (non-hydrogen) atoms. The number of benzene rings is 3. The third kappa shape index (κ3) is 5.90. The van der Waals surface area contributed by atoms with Crippen LogP contribution >= 0.6 is 0 Å². The second-order valence-corrected chi connectivity index (χ2v) is 9.28. The Bertz CT molecular complexity index is 1230. The molecule has 0 spiro atoms. The first-order valence-corrected chi connectivity index (χ1v) is 11.8. The summed E-state index contributed by atoms with van der Waals surface area (Å²) in [7, 11) is 0. The number of nitrogens with zero attached hydrogens (tertiary/aromatic N) is 2. The van der Waals surface area contributed by atoms with Crippen LogP contribution in [0.1, 0.15) is 49.5 Å². The highest BCUT2D eigenvalue weighted by atomic mass is 19.4. The summed E-state index contributed by atoms with van der Waals surface area (Å²) in [6.07, 6.45) is -2.39. The Labute approximate surface area is 203 Å². The molecule has 0 bridgehead atoms. The van der Waals surface area contributed by atoms with Gasteiger partial charge < -0.3 is 9.64 Å². The van der Waals surface area contributed by atoms with Gasteiger partial charge in [0.1, 0.15) is 11.5 Å². The van der Waals surface area contributed by atoms with Gasteiger partial charge in [-0.3, -0.25) is 4.79 Å². The monoisotopic (exact) mass is 482 g/mol. The first-order chi connectivity index (χ1) is 16.6. The first kappa shape index (κ1) is 24.9. The van der Waals surface area contributed by atoms with Gasteiger partial charge in [0.05, 0.1) is 5.56 Å². The Balaban J connectivity index is 1.49. The summed E-state index contributed by atoms with van der Waals surface area (Å²) in [6.45, 7) is 8.36. The number of rotatable bonds is 5. The average molecular weight is 483 g/mol. The number of likely N-dealkylation sites (tertiary alicyclic amines) is 1. The number of ether oxygens (including phenoxy) is 1. The molecule has 4 rings (SSSR count). The second kappa shape index (κ2) is 10.2. The Morgan fingerprint density at radius 2 is 1.71 bits per heavy atom. The van der Waals surface area contributed by atoms with E-state index in [4.69, 9.17) is 4.74 Å². The van der Waals surface area contributed by atoms with Gasteiger partial charge in [0, 0.05) is 22.7 Å². The van der Waals surface area contributed by atoms with Gasteiger partial charge in [-0.05, 0) is 107 Å². The zero-order valence-corrected chi connectivity index (χ0v) is 20.1. The fourth-order valence-corrected chi connectivity index (χ4v) is 4.46. The topological polar surface area (TPSA) is 41.9 Å². The quantitative estimate of drug-likeness (QED) is 0.357. The highest BCUT2D eigenvalue weighted by Gasteiger charge is 2.30. The van der Waals surface area contributed by atoms with Crippen LogP contribution in [0, 0.1) is 5.92 Å². The smallest absolute Gasteiger partial charge is 0.416 e. The summed E-state index contributed by atoms with van der Waals surface area (Å²) in [4.78, 5) is 19.7. The Morgan fingerprint density at radius 1 is 1.03 bits per heavy atom. The minimum atomic E-state index is -4.40. The van der Waals surface area contributed by atoms with Crippen molar-refractivity contribution in [2.75, 3.05) is 13.1 Å². The van der Waals surface area contributed by atoms with Crippen molar-refractivity contribution in [2.45, 2.75) is 45.8 Å². The van der Waals surface area contributed by atoms with Gasteiger partial charge in [-0.15, -0.1) is 0 Å². The van der Waals surface area contributed by atoms with Crippen LogP contribution in [-0.2, 0) is 6.18 Å². The molecule has 0 aromatic heterocycles. The van der Waals surface area contributed by atoms with Crippen molar-refractivity contribution < 1.29 is 22.7 Å². The van der Waals surface area contributed by atoms with E-state index in [2.05, 4.69) is 23.7 Å². The van der Waals surface area contributed by atoms with Crippen LogP contribution in [-0.4, -0.2) is 35.7 Å². The molecule has 1 aliphatic heterocycles. The predicted octanol–water partition coefficient (Wildman–Crippen LogP) is 7.37. The van der Waals surface area contributed by atoms with Crippen molar-refractivity contribution in [3.63, 3.8) is 0 Å². The number of hydrogen-bond acceptors (Lipinski definition) is 3. The van der Waals surface area contributed by atoms with Gasteiger partial charge >= 0.3 is 6.18 Å². The average Bonchev–Trinajstić information content (AvgIpc) is 2.83. The molecule has 0 atom stereocenters. The molecule has 3 aromatic carbocycles. The molecule has 1 heterocycles. The first-order valence-electron chi connectivity index (χ1n) is 11.8. The van der Waals surface area contributed by atoms with E-state index < -0.39 is 11.7 Å². The number of hydrogen-bond donors (Lipinski definition) is 0. The highest BCUT2D eigenvalue weighted by molar-refractivity contribution is 6.06. The van der Waals surface area contributed by atoms with E-state index in [1.807, 2.05) is 13.0 Å². The number of piperidine rings is 1. The number of alkyl halides is 3. The number of halogens is 3. The largest absolute Gasteiger partial charge is 0.457 e. The SMILES string of the molecule is C/C(=N\C(=O)c1ccc2c(Oc3ccc(C(F)(F)F)cc3)cccc2c1)C1CCN(C(C)C)CC1. The van der Waals surface area contributed by atoms with Crippen molar-refractivity contribution >= 4 is 22.4 Å². The van der Waals surface area contributed by atoms with Gasteiger partial charge in [0.25, 0.3) is 5.91 Å². The summed E-state index contributed by atoms with van der Waals surface area (Å²) >= 11 is 0. The standard InChI is InChI=1S/C28H29F3N2O2/c1-18(2)33-15-13-20(14-16-33)19(3)32-27(34)22-7-12-25-21(17-22)5-4-6-26(25)35-24-10-8-23(9-11-24)28(29,30)31/h4-12,17-18,20H,13-16H2,1-3H3/b32-19+. The van der Waals surface area contributed by atoms with Crippen molar-refractivity contribution in [1.29, 1.82) is 0 Å². The predicted molar refractivity (Wildman–Crippen MR) is 132 cm³/mol. The Hall–Kier alpha value is -3.19. The molecular weight excluding hydrogens is 453 g/mol. The van der Waals surface area contributed by atoms with Gasteiger partial charge in [0.2, 0.25) is 0 Å². The van der Waals surface area contributed by atoms with Crippen LogP contribution < -0.4 is 4.74 Å². The molecule has 184 valence electrons. The number of aliphatic imine (C=N–C) groups is 1. The molecule has 1 fully saturated rings. The van der Waals surface area contributed by atoms with E-state index in [1.165, 1.54) is 12.1 Å². The van der Waals surface area contributed by atoms with E-state index in [0.29, 0.717) is 29.0 Å². The zero-order valence-electron chi connectivity index (χ0n) is 20.1. The van der Waals surface area contributed by atoms with Crippen LogP contribution in [0.3, 0.4) is 0 Å². The van der Waals surface area contributed by atoms with Crippen LogP contribution in [0.5, 0.6) is 11.5 Å². The highest BCUT2D eigenvalue weighted by Crippen LogP contribution is 2.34. The third-order valence-electron chi connectivity index (χ3n) is 6.63. The number of fused-ring (bicyclic) bond motifs is 1. The maximum Gasteiger partial charge on any atom is 0.416 e. The molecular formula is C28H29F3N2O2. The molecule has 4 nitrogen and oxygen atoms in total. The maximum atomic E-state index is 12.9. The third-order valence-corrected chi connectivity index (χ3v) is 6.63. The number of carbonyl (C=O) groups is 1. The van der Waals surface area contributed by atoms with Gasteiger partial charge in [-0.1, -0.05) is 12.1 Å². The molecule has 7 heteroatoms. The van der Waals surface area contributed by atoms with Crippen LogP contribution in [0.4, 0.5) is 13.2 Å². The maximum absolute atomic E-state index is 12.9. The zero-order chi connectivity index (χ0) is 25.2. The molecule has 0 aliphatic carbocycles. The van der Waals surface area contributed by atoms with Crippen LogP contribution in [0.15, 0.2) is 65.7 Å². The Morgan fingerprint density at radius 3 is 2.34 bits per heavy atom. The minimum absolute atomic E-state index is 0.273. The van der Waals surface area contributed by atoms with Crippen molar-refractivity contribution in [2.24, 2.45) is 10.9 Å². The number of amides is 1. The summed E-state index contributed by atoms with van der Waals surface area (Å²) in [5, 5.41) is 1.55. The van der Waals surface area contributed by atoms with E-state index >= 15 is 0 Å². The molecule has 0 N–H and O–H groups in total. The van der Waals surface area contributed by atoms with Crippen molar-refractivity contribution in [1.82, 2.24) is 4.90 Å².